The first-order valence-electron chi connectivity index (χ1n) is 10.4. The minimum Gasteiger partial charge on any atom is -0.456 e. The lowest BCUT2D eigenvalue weighted by Crippen LogP contribution is -2.61. The van der Waals surface area contributed by atoms with Gasteiger partial charge in [-0.2, -0.15) is 0 Å². The van der Waals surface area contributed by atoms with Crippen molar-refractivity contribution in [2.24, 2.45) is 0 Å². The van der Waals surface area contributed by atoms with E-state index in [-0.39, 0.29) is 18.9 Å². The fraction of sp³-hybridized carbons (Fsp3) is 0.435. The Balaban J connectivity index is 1.80. The fourth-order valence-electron chi connectivity index (χ4n) is 3.75. The highest BCUT2D eigenvalue weighted by Crippen LogP contribution is 2.40. The van der Waals surface area contributed by atoms with Gasteiger partial charge in [-0.15, -0.1) is 11.3 Å². The van der Waals surface area contributed by atoms with Gasteiger partial charge in [0.1, 0.15) is 22.7 Å². The highest BCUT2D eigenvalue weighted by atomic mass is 32.1. The summed E-state index contributed by atoms with van der Waals surface area (Å²) >= 11 is 1.24. The smallest absolute Gasteiger partial charge is 0.408 e. The molecule has 0 aliphatic heterocycles. The van der Waals surface area contributed by atoms with Crippen molar-refractivity contribution in [2.45, 2.75) is 57.8 Å². The predicted molar refractivity (Wildman–Crippen MR) is 122 cm³/mol. The summed E-state index contributed by atoms with van der Waals surface area (Å²) < 4.78 is 10.8. The number of alkyl carbamates (subject to hydrolysis) is 1. The Hall–Kier alpha value is -3.07. The topological polar surface area (TPSA) is 120 Å². The van der Waals surface area contributed by atoms with E-state index in [2.05, 4.69) is 10.6 Å². The van der Waals surface area contributed by atoms with Crippen molar-refractivity contribution in [3.63, 3.8) is 0 Å². The number of rotatable bonds is 5. The van der Waals surface area contributed by atoms with Gasteiger partial charge in [0.15, 0.2) is 0 Å². The number of carbonyl (C=O) groups excluding carboxylic acids is 3. The Kier molecular flexibility index (Phi) is 6.78. The number of benzene rings is 1. The molecule has 2 aromatic rings. The zero-order valence-corrected chi connectivity index (χ0v) is 19.6. The van der Waals surface area contributed by atoms with E-state index in [1.807, 2.05) is 30.3 Å². The first-order valence-corrected chi connectivity index (χ1v) is 11.2. The molecule has 3 rings (SSSR count). The van der Waals surface area contributed by atoms with Crippen LogP contribution in [0.25, 0.3) is 0 Å². The SMILES string of the molecule is CNC(=O)C1(NC(=O)OCc2ccccc2)CCc2c(sc(N)c2C(=O)OC(C)(C)C)C1. The molecular formula is C23H29N3O5S. The van der Waals surface area contributed by atoms with Gasteiger partial charge >= 0.3 is 12.1 Å². The third-order valence-corrected chi connectivity index (χ3v) is 6.26. The molecule has 1 unspecified atom stereocenters. The molecule has 4 N–H and O–H groups in total. The number of ether oxygens (including phenoxy) is 2. The van der Waals surface area contributed by atoms with Gasteiger partial charge in [-0.25, -0.2) is 9.59 Å². The monoisotopic (exact) mass is 459 g/mol. The number of nitrogens with one attached hydrogen (secondary N) is 2. The highest BCUT2D eigenvalue weighted by molar-refractivity contribution is 7.16. The summed E-state index contributed by atoms with van der Waals surface area (Å²) in [4.78, 5) is 38.9. The maximum absolute atomic E-state index is 12.8. The van der Waals surface area contributed by atoms with E-state index in [4.69, 9.17) is 15.2 Å². The molecule has 0 fully saturated rings. The highest BCUT2D eigenvalue weighted by Gasteiger charge is 2.45. The second-order valence-corrected chi connectivity index (χ2v) is 9.91. The van der Waals surface area contributed by atoms with Crippen LogP contribution in [0.5, 0.6) is 0 Å². The Morgan fingerprint density at radius 1 is 1.19 bits per heavy atom. The van der Waals surface area contributed by atoms with E-state index in [0.717, 1.165) is 16.0 Å². The predicted octanol–water partition coefficient (Wildman–Crippen LogP) is 3.19. The normalized spacial score (nSPS) is 17.8. The number of thiophene rings is 1. The standard InChI is InChI=1S/C23H29N3O5S/c1-22(2,3)31-19(27)17-15-10-11-23(20(28)25-4,12-16(15)32-18(17)24)26-21(29)30-13-14-8-6-5-7-9-14/h5-9H,10-13,24H2,1-4H3,(H,25,28)(H,26,29). The number of nitrogens with two attached hydrogens (primary N) is 1. The molecule has 1 aromatic heterocycles. The number of carbonyl (C=O) groups is 3. The Bertz CT molecular complexity index is 1010. The number of hydrogen-bond donors (Lipinski definition) is 3. The van der Waals surface area contributed by atoms with Crippen molar-refractivity contribution < 1.29 is 23.9 Å². The molecule has 0 bridgehead atoms. The molecule has 1 heterocycles. The van der Waals surface area contributed by atoms with Crippen LogP contribution in [-0.2, 0) is 33.7 Å². The minimum atomic E-state index is -1.20. The number of esters is 1. The summed E-state index contributed by atoms with van der Waals surface area (Å²) in [5, 5.41) is 5.75. The number of fused-ring (bicyclic) bond motifs is 1. The Morgan fingerprint density at radius 3 is 2.50 bits per heavy atom. The van der Waals surface area contributed by atoms with E-state index in [1.54, 1.807) is 20.8 Å². The lowest BCUT2D eigenvalue weighted by molar-refractivity contribution is -0.127. The van der Waals surface area contributed by atoms with Crippen molar-refractivity contribution in [2.75, 3.05) is 12.8 Å². The van der Waals surface area contributed by atoms with Crippen LogP contribution in [0.2, 0.25) is 0 Å². The molecule has 1 aliphatic carbocycles. The molecule has 9 heteroatoms. The maximum atomic E-state index is 12.8. The molecule has 1 aliphatic rings. The molecule has 0 spiro atoms. The molecule has 1 atom stereocenters. The van der Waals surface area contributed by atoms with E-state index in [9.17, 15) is 14.4 Å². The van der Waals surface area contributed by atoms with Crippen molar-refractivity contribution >= 4 is 34.3 Å². The number of nitrogen functional groups attached to an aromatic ring is 1. The van der Waals surface area contributed by atoms with E-state index in [1.165, 1.54) is 18.4 Å². The molecule has 2 amide bonds. The van der Waals surface area contributed by atoms with Crippen LogP contribution in [-0.4, -0.2) is 36.2 Å². The first-order chi connectivity index (χ1) is 15.0. The lowest BCUT2D eigenvalue weighted by Gasteiger charge is -2.35. The average molecular weight is 460 g/mol. The van der Waals surface area contributed by atoms with Crippen molar-refractivity contribution in [1.29, 1.82) is 0 Å². The fourth-order valence-corrected chi connectivity index (χ4v) is 4.97. The molecule has 8 nitrogen and oxygen atoms in total. The number of likely N-dealkylation sites (N-methyl/N-ethyl adjacent to an activating group) is 1. The van der Waals surface area contributed by atoms with Crippen LogP contribution in [0.3, 0.4) is 0 Å². The largest absolute Gasteiger partial charge is 0.456 e. The van der Waals surface area contributed by atoms with Gasteiger partial charge in [0, 0.05) is 18.3 Å². The summed E-state index contributed by atoms with van der Waals surface area (Å²) in [6.07, 6.45) is 0.216. The number of anilines is 1. The van der Waals surface area contributed by atoms with Crippen LogP contribution < -0.4 is 16.4 Å². The summed E-state index contributed by atoms with van der Waals surface area (Å²) in [6.45, 7) is 5.47. The van der Waals surface area contributed by atoms with Crippen molar-refractivity contribution in [1.82, 2.24) is 10.6 Å². The molecular weight excluding hydrogens is 430 g/mol. The number of hydrogen-bond acceptors (Lipinski definition) is 7. The first kappa shape index (κ1) is 23.6. The van der Waals surface area contributed by atoms with Crippen LogP contribution >= 0.6 is 11.3 Å². The van der Waals surface area contributed by atoms with Gasteiger partial charge in [0.05, 0.1) is 5.56 Å². The zero-order chi connectivity index (χ0) is 23.5. The second kappa shape index (κ2) is 9.20. The van der Waals surface area contributed by atoms with Gasteiger partial charge < -0.3 is 25.8 Å². The van der Waals surface area contributed by atoms with Crippen molar-refractivity contribution in [3.8, 4) is 0 Å². The van der Waals surface area contributed by atoms with Gasteiger partial charge in [-0.1, -0.05) is 30.3 Å². The Labute approximate surface area is 191 Å². The van der Waals surface area contributed by atoms with Gasteiger partial charge in [0.2, 0.25) is 5.91 Å². The van der Waals surface area contributed by atoms with E-state index >= 15 is 0 Å². The molecule has 0 radical (unpaired) electrons. The quantitative estimate of drug-likeness (QED) is 0.591. The van der Waals surface area contributed by atoms with Crippen LogP contribution in [0.4, 0.5) is 9.80 Å². The molecule has 0 saturated carbocycles. The number of amides is 2. The molecule has 0 saturated heterocycles. The van der Waals surface area contributed by atoms with Crippen LogP contribution in [0.1, 0.15) is 53.6 Å². The van der Waals surface area contributed by atoms with Crippen LogP contribution in [0, 0.1) is 0 Å². The maximum Gasteiger partial charge on any atom is 0.408 e. The minimum absolute atomic E-state index is 0.0937. The third kappa shape index (κ3) is 5.21. The lowest BCUT2D eigenvalue weighted by atomic mass is 9.80. The van der Waals surface area contributed by atoms with E-state index < -0.39 is 23.2 Å². The van der Waals surface area contributed by atoms with Crippen LogP contribution in [0.15, 0.2) is 30.3 Å². The van der Waals surface area contributed by atoms with Gasteiger partial charge in [0.25, 0.3) is 0 Å². The summed E-state index contributed by atoms with van der Waals surface area (Å²) in [5.74, 6) is -0.805. The summed E-state index contributed by atoms with van der Waals surface area (Å²) in [7, 11) is 1.52. The summed E-state index contributed by atoms with van der Waals surface area (Å²) in [5.41, 5.74) is 6.29. The van der Waals surface area contributed by atoms with E-state index in [0.29, 0.717) is 23.4 Å². The molecule has 1 aromatic carbocycles. The third-order valence-electron chi connectivity index (χ3n) is 5.20. The molecule has 172 valence electrons. The average Bonchev–Trinajstić information content (AvgIpc) is 3.05. The Morgan fingerprint density at radius 2 is 1.88 bits per heavy atom. The summed E-state index contributed by atoms with van der Waals surface area (Å²) in [6, 6.07) is 9.29. The van der Waals surface area contributed by atoms with Gasteiger partial charge in [-0.05, 0) is 44.7 Å². The zero-order valence-electron chi connectivity index (χ0n) is 18.7. The molecule has 32 heavy (non-hydrogen) atoms. The van der Waals surface area contributed by atoms with Crippen molar-refractivity contribution in [3.05, 3.63) is 51.9 Å². The van der Waals surface area contributed by atoms with Gasteiger partial charge in [-0.3, -0.25) is 4.79 Å². The second-order valence-electron chi connectivity index (χ2n) is 8.77.